The number of ether oxygens (including phenoxy) is 1. The Hall–Kier alpha value is -2.64. The Morgan fingerprint density at radius 3 is 2.44 bits per heavy atom. The summed E-state index contributed by atoms with van der Waals surface area (Å²) in [6.07, 6.45) is 0. The van der Waals surface area contributed by atoms with Gasteiger partial charge in [-0.3, -0.25) is 14.9 Å². The molecule has 7 nitrogen and oxygen atoms in total. The lowest BCUT2D eigenvalue weighted by Crippen LogP contribution is -2.28. The van der Waals surface area contributed by atoms with Gasteiger partial charge in [0.2, 0.25) is 5.91 Å². The second kappa shape index (κ2) is 8.83. The first-order valence-corrected chi connectivity index (χ1v) is 8.67. The number of esters is 1. The Labute approximate surface area is 165 Å². The summed E-state index contributed by atoms with van der Waals surface area (Å²) in [5.74, 6) is -1.10. The summed E-state index contributed by atoms with van der Waals surface area (Å²) in [5, 5.41) is 12.3. The molecule has 0 aliphatic rings. The number of nitro benzene ring substituents is 1. The lowest BCUT2D eigenvalue weighted by molar-refractivity contribution is -0.384. The molecular weight excluding hydrogens is 395 g/mol. The normalized spacial score (nSPS) is 10.4. The third-order valence-electron chi connectivity index (χ3n) is 3.70. The molecule has 0 N–H and O–H groups in total. The van der Waals surface area contributed by atoms with Gasteiger partial charge < -0.3 is 9.64 Å². The van der Waals surface area contributed by atoms with Crippen LogP contribution in [0.2, 0.25) is 10.0 Å². The number of rotatable bonds is 6. The molecule has 0 heterocycles. The van der Waals surface area contributed by atoms with E-state index in [1.807, 2.05) is 0 Å². The second-order valence-electron chi connectivity index (χ2n) is 5.52. The van der Waals surface area contributed by atoms with Crippen LogP contribution in [0.5, 0.6) is 0 Å². The van der Waals surface area contributed by atoms with Crippen molar-refractivity contribution in [2.45, 2.75) is 20.4 Å². The van der Waals surface area contributed by atoms with Crippen molar-refractivity contribution in [2.24, 2.45) is 0 Å². The fourth-order valence-electron chi connectivity index (χ4n) is 2.43. The Morgan fingerprint density at radius 1 is 1.19 bits per heavy atom. The van der Waals surface area contributed by atoms with E-state index in [1.54, 1.807) is 19.1 Å². The van der Waals surface area contributed by atoms with Gasteiger partial charge in [0.05, 0.1) is 23.6 Å². The van der Waals surface area contributed by atoms with E-state index >= 15 is 0 Å². The molecule has 0 aromatic heterocycles. The van der Waals surface area contributed by atoms with Crippen molar-refractivity contribution in [2.75, 3.05) is 11.5 Å². The van der Waals surface area contributed by atoms with Crippen molar-refractivity contribution in [3.8, 4) is 0 Å². The first-order chi connectivity index (χ1) is 12.7. The van der Waals surface area contributed by atoms with Crippen molar-refractivity contribution in [1.82, 2.24) is 0 Å². The van der Waals surface area contributed by atoms with Crippen molar-refractivity contribution >= 4 is 46.5 Å². The second-order valence-corrected chi connectivity index (χ2v) is 6.37. The third kappa shape index (κ3) is 4.96. The van der Waals surface area contributed by atoms with Gasteiger partial charge in [0, 0.05) is 23.0 Å². The minimum Gasteiger partial charge on any atom is -0.462 e. The number of amides is 1. The van der Waals surface area contributed by atoms with Crippen LogP contribution >= 0.6 is 23.2 Å². The van der Waals surface area contributed by atoms with Gasteiger partial charge in [-0.2, -0.15) is 0 Å². The van der Waals surface area contributed by atoms with Crippen LogP contribution in [-0.2, 0) is 16.1 Å². The topological polar surface area (TPSA) is 89.8 Å². The minimum absolute atomic E-state index is 0.00489. The maximum Gasteiger partial charge on any atom is 0.338 e. The number of hydrogen-bond donors (Lipinski definition) is 0. The molecule has 2 aromatic carbocycles. The van der Waals surface area contributed by atoms with Gasteiger partial charge in [0.15, 0.2) is 0 Å². The van der Waals surface area contributed by atoms with E-state index in [-0.39, 0.29) is 30.1 Å². The molecule has 2 aromatic rings. The molecule has 0 saturated heterocycles. The van der Waals surface area contributed by atoms with E-state index in [1.165, 1.54) is 30.0 Å². The molecule has 27 heavy (non-hydrogen) atoms. The van der Waals surface area contributed by atoms with E-state index in [2.05, 4.69) is 0 Å². The number of carbonyl (C=O) groups excluding carboxylic acids is 2. The summed E-state index contributed by atoms with van der Waals surface area (Å²) in [7, 11) is 0. The van der Waals surface area contributed by atoms with Gasteiger partial charge in [0.1, 0.15) is 5.69 Å². The quantitative estimate of drug-likeness (QED) is 0.393. The molecule has 0 atom stereocenters. The number of benzene rings is 2. The first-order valence-electron chi connectivity index (χ1n) is 7.92. The Balaban J connectivity index is 2.48. The standard InChI is InChI=1S/C18H16Cl2N2O5/c1-3-27-18(24)12-5-7-16(17(8-12)22(25)26)21(11(2)23)10-13-4-6-14(19)9-15(13)20/h4-9H,3,10H2,1-2H3. The summed E-state index contributed by atoms with van der Waals surface area (Å²) in [6.45, 7) is 3.06. The number of halogens is 2. The number of nitrogens with zero attached hydrogens (tertiary/aromatic N) is 2. The molecule has 0 aliphatic heterocycles. The summed E-state index contributed by atoms with van der Waals surface area (Å²) >= 11 is 12.0. The van der Waals surface area contributed by atoms with E-state index < -0.39 is 16.8 Å². The first kappa shape index (κ1) is 20.7. The van der Waals surface area contributed by atoms with Gasteiger partial charge in [-0.25, -0.2) is 4.79 Å². The fraction of sp³-hybridized carbons (Fsp3) is 0.222. The lowest BCUT2D eigenvalue weighted by atomic mass is 10.1. The number of nitro groups is 1. The number of carbonyl (C=O) groups is 2. The van der Waals surface area contributed by atoms with E-state index in [4.69, 9.17) is 27.9 Å². The molecule has 142 valence electrons. The largest absolute Gasteiger partial charge is 0.462 e. The summed E-state index contributed by atoms with van der Waals surface area (Å²) < 4.78 is 4.86. The monoisotopic (exact) mass is 410 g/mol. The smallest absolute Gasteiger partial charge is 0.338 e. The Kier molecular flexibility index (Phi) is 6.76. The molecule has 0 aliphatic carbocycles. The molecule has 0 saturated carbocycles. The number of anilines is 1. The van der Waals surface area contributed by atoms with Gasteiger partial charge in [-0.1, -0.05) is 29.3 Å². The molecule has 0 radical (unpaired) electrons. The van der Waals surface area contributed by atoms with E-state index in [0.29, 0.717) is 15.6 Å². The fourth-order valence-corrected chi connectivity index (χ4v) is 2.89. The highest BCUT2D eigenvalue weighted by atomic mass is 35.5. The molecule has 1 amide bonds. The zero-order valence-electron chi connectivity index (χ0n) is 14.6. The van der Waals surface area contributed by atoms with E-state index in [9.17, 15) is 19.7 Å². The molecule has 2 rings (SSSR count). The predicted octanol–water partition coefficient (Wildman–Crippen LogP) is 4.63. The zero-order valence-corrected chi connectivity index (χ0v) is 16.1. The highest BCUT2D eigenvalue weighted by Crippen LogP contribution is 2.32. The van der Waals surface area contributed by atoms with E-state index in [0.717, 1.165) is 6.07 Å². The predicted molar refractivity (Wildman–Crippen MR) is 102 cm³/mol. The Morgan fingerprint density at radius 2 is 1.89 bits per heavy atom. The maximum absolute atomic E-state index is 12.2. The van der Waals surface area contributed by atoms with Gasteiger partial charge in [0.25, 0.3) is 5.69 Å². The van der Waals surface area contributed by atoms with Crippen LogP contribution in [0.15, 0.2) is 36.4 Å². The molecule has 9 heteroatoms. The van der Waals surface area contributed by atoms with Crippen LogP contribution in [-0.4, -0.2) is 23.4 Å². The lowest BCUT2D eigenvalue weighted by Gasteiger charge is -2.22. The number of hydrogen-bond acceptors (Lipinski definition) is 5. The highest BCUT2D eigenvalue weighted by Gasteiger charge is 2.25. The maximum atomic E-state index is 12.2. The van der Waals surface area contributed by atoms with Crippen LogP contribution in [0.3, 0.4) is 0 Å². The van der Waals surface area contributed by atoms with Gasteiger partial charge in [-0.15, -0.1) is 0 Å². The van der Waals surface area contributed by atoms with Crippen molar-refractivity contribution < 1.29 is 19.2 Å². The van der Waals surface area contributed by atoms with Crippen molar-refractivity contribution in [1.29, 1.82) is 0 Å². The third-order valence-corrected chi connectivity index (χ3v) is 4.28. The summed E-state index contributed by atoms with van der Waals surface area (Å²) in [4.78, 5) is 36.1. The summed E-state index contributed by atoms with van der Waals surface area (Å²) in [6, 6.07) is 8.58. The van der Waals surface area contributed by atoms with Crippen LogP contribution in [0.4, 0.5) is 11.4 Å². The van der Waals surface area contributed by atoms with Crippen LogP contribution < -0.4 is 4.90 Å². The average molecular weight is 411 g/mol. The van der Waals surface area contributed by atoms with Crippen molar-refractivity contribution in [3.05, 3.63) is 67.7 Å². The molecule has 0 spiro atoms. The average Bonchev–Trinajstić information content (AvgIpc) is 2.60. The molecule has 0 bridgehead atoms. The van der Waals surface area contributed by atoms with Gasteiger partial charge in [-0.05, 0) is 36.8 Å². The minimum atomic E-state index is -0.678. The molecular formula is C18H16Cl2N2O5. The molecule has 0 unspecified atom stereocenters. The van der Waals surface area contributed by atoms with Crippen molar-refractivity contribution in [3.63, 3.8) is 0 Å². The summed E-state index contributed by atoms with van der Waals surface area (Å²) in [5.41, 5.74) is 0.257. The van der Waals surface area contributed by atoms with Gasteiger partial charge >= 0.3 is 5.97 Å². The van der Waals surface area contributed by atoms with Crippen LogP contribution in [0.1, 0.15) is 29.8 Å². The van der Waals surface area contributed by atoms with Crippen LogP contribution in [0.25, 0.3) is 0 Å². The van der Waals surface area contributed by atoms with Crippen LogP contribution in [0, 0.1) is 10.1 Å². The zero-order chi connectivity index (χ0) is 20.1. The Bertz CT molecular complexity index is 901. The molecule has 0 fully saturated rings. The highest BCUT2D eigenvalue weighted by molar-refractivity contribution is 6.35. The SMILES string of the molecule is CCOC(=O)c1ccc(N(Cc2ccc(Cl)cc2Cl)C(C)=O)c([N+](=O)[O-])c1.